The summed E-state index contributed by atoms with van der Waals surface area (Å²) in [7, 11) is 0. The van der Waals surface area contributed by atoms with Crippen molar-refractivity contribution in [2.24, 2.45) is 0 Å². The first-order chi connectivity index (χ1) is 8.28. The summed E-state index contributed by atoms with van der Waals surface area (Å²) in [5.41, 5.74) is 4.22. The Morgan fingerprint density at radius 1 is 1.44 bits per heavy atom. The van der Waals surface area contributed by atoms with Crippen LogP contribution in [0, 0.1) is 0 Å². The second-order valence-corrected chi connectivity index (χ2v) is 5.69. The van der Waals surface area contributed by atoms with E-state index in [1.807, 2.05) is 0 Å². The molecule has 2 N–H and O–H groups in total. The van der Waals surface area contributed by atoms with Gasteiger partial charge in [-0.25, -0.2) is 0 Å². The molecule has 1 unspecified atom stereocenters. The minimum absolute atomic E-state index is 0. The van der Waals surface area contributed by atoms with Gasteiger partial charge >= 0.3 is 0 Å². The average molecular weight is 330 g/mol. The molecular formula is C14H18BrClN2. The summed E-state index contributed by atoms with van der Waals surface area (Å²) in [6.07, 6.45) is 3.56. The first-order valence-corrected chi connectivity index (χ1v) is 7.09. The first-order valence-electron chi connectivity index (χ1n) is 6.30. The Kier molecular flexibility index (Phi) is 4.36. The molecule has 0 aliphatic heterocycles. The van der Waals surface area contributed by atoms with Crippen LogP contribution in [0.5, 0.6) is 0 Å². The average Bonchev–Trinajstić information content (AvgIpc) is 2.67. The number of H-pyrrole nitrogens is 1. The molecule has 18 heavy (non-hydrogen) atoms. The zero-order valence-electron chi connectivity index (χ0n) is 10.4. The van der Waals surface area contributed by atoms with Crippen LogP contribution in [0.1, 0.15) is 24.6 Å². The van der Waals surface area contributed by atoms with Crippen LogP contribution >= 0.6 is 28.3 Å². The summed E-state index contributed by atoms with van der Waals surface area (Å²) < 4.78 is 1.16. The number of fused-ring (bicyclic) bond motifs is 3. The molecule has 1 atom stereocenters. The summed E-state index contributed by atoms with van der Waals surface area (Å²) >= 11 is 3.56. The van der Waals surface area contributed by atoms with Crippen molar-refractivity contribution in [1.29, 1.82) is 0 Å². The van der Waals surface area contributed by atoms with Crippen molar-refractivity contribution in [3.05, 3.63) is 33.9 Å². The quantitative estimate of drug-likeness (QED) is 0.861. The molecule has 0 amide bonds. The molecule has 2 aromatic rings. The van der Waals surface area contributed by atoms with Crippen LogP contribution in [0.4, 0.5) is 0 Å². The van der Waals surface area contributed by atoms with Gasteiger partial charge in [0.15, 0.2) is 0 Å². The number of aryl methyl sites for hydroxylation is 1. The number of hydrogen-bond acceptors (Lipinski definition) is 1. The minimum Gasteiger partial charge on any atom is -0.358 e. The van der Waals surface area contributed by atoms with Gasteiger partial charge in [0.05, 0.1) is 0 Å². The van der Waals surface area contributed by atoms with Gasteiger partial charge in [0, 0.05) is 27.1 Å². The summed E-state index contributed by atoms with van der Waals surface area (Å²) in [5.74, 6) is 0. The monoisotopic (exact) mass is 328 g/mol. The molecule has 98 valence electrons. The zero-order valence-corrected chi connectivity index (χ0v) is 12.8. The number of rotatable bonds is 2. The molecule has 0 bridgehead atoms. The van der Waals surface area contributed by atoms with Gasteiger partial charge in [0.2, 0.25) is 0 Å². The fourth-order valence-corrected chi connectivity index (χ4v) is 3.21. The van der Waals surface area contributed by atoms with E-state index in [-0.39, 0.29) is 12.4 Å². The Labute approximate surface area is 122 Å². The lowest BCUT2D eigenvalue weighted by atomic mass is 9.91. The Bertz CT molecular complexity index is 550. The maximum Gasteiger partial charge on any atom is 0.0459 e. The van der Waals surface area contributed by atoms with E-state index >= 15 is 0 Å². The topological polar surface area (TPSA) is 27.8 Å². The molecule has 0 saturated carbocycles. The Morgan fingerprint density at radius 3 is 3.06 bits per heavy atom. The second kappa shape index (κ2) is 5.64. The third-order valence-corrected chi connectivity index (χ3v) is 4.14. The maximum atomic E-state index is 3.57. The lowest BCUT2D eigenvalue weighted by Crippen LogP contribution is -2.34. The van der Waals surface area contributed by atoms with E-state index in [1.165, 1.54) is 35.0 Å². The van der Waals surface area contributed by atoms with Gasteiger partial charge in [-0.15, -0.1) is 12.4 Å². The Hall–Kier alpha value is -0.510. The van der Waals surface area contributed by atoms with Crippen molar-refractivity contribution in [3.63, 3.8) is 0 Å². The van der Waals surface area contributed by atoms with Gasteiger partial charge in [-0.1, -0.05) is 22.9 Å². The van der Waals surface area contributed by atoms with Crippen molar-refractivity contribution in [1.82, 2.24) is 10.3 Å². The molecule has 1 aromatic carbocycles. The van der Waals surface area contributed by atoms with E-state index in [0.29, 0.717) is 6.04 Å². The van der Waals surface area contributed by atoms with Crippen LogP contribution in [0.25, 0.3) is 10.9 Å². The first kappa shape index (κ1) is 13.9. The molecule has 0 saturated heterocycles. The lowest BCUT2D eigenvalue weighted by Gasteiger charge is -2.23. The molecule has 1 aliphatic carbocycles. The molecule has 0 fully saturated rings. The van der Waals surface area contributed by atoms with Crippen molar-refractivity contribution in [3.8, 4) is 0 Å². The third kappa shape index (κ3) is 2.44. The van der Waals surface area contributed by atoms with E-state index in [1.54, 1.807) is 0 Å². The van der Waals surface area contributed by atoms with E-state index < -0.39 is 0 Å². The molecule has 1 heterocycles. The highest BCUT2D eigenvalue weighted by Crippen LogP contribution is 2.30. The van der Waals surface area contributed by atoms with Crippen molar-refractivity contribution in [2.75, 3.05) is 6.54 Å². The van der Waals surface area contributed by atoms with Gasteiger partial charge in [-0.05, 0) is 49.6 Å². The van der Waals surface area contributed by atoms with Crippen LogP contribution in [-0.4, -0.2) is 17.6 Å². The summed E-state index contributed by atoms with van der Waals surface area (Å²) in [6.45, 7) is 3.24. The van der Waals surface area contributed by atoms with E-state index in [2.05, 4.69) is 51.4 Å². The molecule has 0 radical (unpaired) electrons. The summed E-state index contributed by atoms with van der Waals surface area (Å²) in [4.78, 5) is 3.56. The molecule has 1 aromatic heterocycles. The predicted octanol–water partition coefficient (Wildman–Crippen LogP) is 3.82. The maximum absolute atomic E-state index is 3.57. The molecule has 2 nitrogen and oxygen atoms in total. The standard InChI is InChI=1S/C14H17BrN2.ClH/c1-2-16-10-4-6-14-12(8-10)11-7-9(15)3-5-13(11)17-14;/h3,5,7,10,16-17H,2,4,6,8H2,1H3;1H. The SMILES string of the molecule is CCNC1CCc2[nH]c3ccc(Br)cc3c2C1.Cl. The fraction of sp³-hybridized carbons (Fsp3) is 0.429. The Morgan fingerprint density at radius 2 is 2.28 bits per heavy atom. The number of aromatic nitrogens is 1. The highest BCUT2D eigenvalue weighted by atomic mass is 79.9. The normalized spacial score (nSPS) is 18.4. The summed E-state index contributed by atoms with van der Waals surface area (Å²) in [6, 6.07) is 7.15. The third-order valence-electron chi connectivity index (χ3n) is 3.64. The van der Waals surface area contributed by atoms with E-state index in [9.17, 15) is 0 Å². The van der Waals surface area contributed by atoms with Crippen LogP contribution in [0.3, 0.4) is 0 Å². The number of aromatic amines is 1. The number of benzene rings is 1. The predicted molar refractivity (Wildman–Crippen MR) is 82.7 cm³/mol. The van der Waals surface area contributed by atoms with Crippen LogP contribution in [-0.2, 0) is 12.8 Å². The minimum atomic E-state index is 0. The van der Waals surface area contributed by atoms with Gasteiger partial charge < -0.3 is 10.3 Å². The fourth-order valence-electron chi connectivity index (χ4n) is 2.85. The van der Waals surface area contributed by atoms with Crippen LogP contribution < -0.4 is 5.32 Å². The number of nitrogens with one attached hydrogen (secondary N) is 2. The van der Waals surface area contributed by atoms with Gasteiger partial charge in [0.25, 0.3) is 0 Å². The number of halogens is 2. The van der Waals surface area contributed by atoms with E-state index in [4.69, 9.17) is 0 Å². The molecule has 0 spiro atoms. The summed E-state index contributed by atoms with van der Waals surface area (Å²) in [5, 5.41) is 4.95. The van der Waals surface area contributed by atoms with Crippen LogP contribution in [0.2, 0.25) is 0 Å². The zero-order chi connectivity index (χ0) is 11.8. The molecule has 3 rings (SSSR count). The smallest absolute Gasteiger partial charge is 0.0459 e. The highest BCUT2D eigenvalue weighted by molar-refractivity contribution is 9.10. The van der Waals surface area contributed by atoms with Crippen LogP contribution in [0.15, 0.2) is 22.7 Å². The molecule has 1 aliphatic rings. The Balaban J connectivity index is 0.00000120. The van der Waals surface area contributed by atoms with Crippen molar-refractivity contribution < 1.29 is 0 Å². The largest absolute Gasteiger partial charge is 0.358 e. The number of likely N-dealkylation sites (N-methyl/N-ethyl adjacent to an activating group) is 1. The number of hydrogen-bond donors (Lipinski definition) is 2. The van der Waals surface area contributed by atoms with Gasteiger partial charge in [-0.2, -0.15) is 0 Å². The molecule has 4 heteroatoms. The van der Waals surface area contributed by atoms with E-state index in [0.717, 1.165) is 17.4 Å². The van der Waals surface area contributed by atoms with Gasteiger partial charge in [-0.3, -0.25) is 0 Å². The highest BCUT2D eigenvalue weighted by Gasteiger charge is 2.21. The molecular weight excluding hydrogens is 312 g/mol. The van der Waals surface area contributed by atoms with Crippen molar-refractivity contribution >= 4 is 39.2 Å². The van der Waals surface area contributed by atoms with Gasteiger partial charge in [0.1, 0.15) is 0 Å². The lowest BCUT2D eigenvalue weighted by molar-refractivity contribution is 0.470. The van der Waals surface area contributed by atoms with Crippen molar-refractivity contribution in [2.45, 2.75) is 32.2 Å². The second-order valence-electron chi connectivity index (χ2n) is 4.77.